The van der Waals surface area contributed by atoms with Crippen LogP contribution in [-0.4, -0.2) is 22.0 Å². The average Bonchev–Trinajstić information content (AvgIpc) is 2.74. The fourth-order valence-corrected chi connectivity index (χ4v) is 3.49. The van der Waals surface area contributed by atoms with Crippen molar-refractivity contribution in [2.45, 2.75) is 32.1 Å². The van der Waals surface area contributed by atoms with E-state index in [2.05, 4.69) is 15.6 Å². The number of pyridine rings is 1. The van der Waals surface area contributed by atoms with Crippen molar-refractivity contribution in [2.75, 3.05) is 10.6 Å². The Kier molecular flexibility index (Phi) is 7.21. The van der Waals surface area contributed by atoms with Crippen molar-refractivity contribution in [3.05, 3.63) is 53.2 Å². The van der Waals surface area contributed by atoms with Gasteiger partial charge in [-0.05, 0) is 48.7 Å². The van der Waals surface area contributed by atoms with Gasteiger partial charge in [-0.3, -0.25) is 14.8 Å². The molecule has 1 heterocycles. The Bertz CT molecular complexity index is 911. The van der Waals surface area contributed by atoms with Crippen molar-refractivity contribution in [2.24, 2.45) is 5.92 Å². The fraction of sp³-hybridized carbons (Fsp3) is 0.286. The van der Waals surface area contributed by atoms with E-state index in [1.165, 1.54) is 24.1 Å². The molecule has 0 atom stereocenters. The summed E-state index contributed by atoms with van der Waals surface area (Å²) in [6.45, 7) is 0. The number of hydrogen-bond donors (Lipinski definition) is 4. The number of aromatic nitrogens is 1. The summed E-state index contributed by atoms with van der Waals surface area (Å²) in [5.74, 6) is -0.0346. The number of benzene rings is 1. The van der Waals surface area contributed by atoms with Crippen molar-refractivity contribution < 1.29 is 14.8 Å². The first-order valence-corrected chi connectivity index (χ1v) is 9.88. The van der Waals surface area contributed by atoms with Crippen LogP contribution >= 0.6 is 11.6 Å². The number of carbonyl (C=O) groups is 2. The molecule has 2 amide bonds. The highest BCUT2D eigenvalue weighted by Crippen LogP contribution is 2.28. The van der Waals surface area contributed by atoms with Gasteiger partial charge in [0, 0.05) is 29.6 Å². The van der Waals surface area contributed by atoms with E-state index in [1.54, 1.807) is 12.3 Å². The first-order chi connectivity index (χ1) is 14.0. The zero-order valence-electron chi connectivity index (χ0n) is 15.8. The molecule has 1 aromatic carbocycles. The van der Waals surface area contributed by atoms with Crippen LogP contribution in [0.2, 0.25) is 5.02 Å². The van der Waals surface area contributed by atoms with Gasteiger partial charge in [-0.15, -0.1) is 0 Å². The second-order valence-electron chi connectivity index (χ2n) is 6.94. The molecule has 1 aromatic heterocycles. The van der Waals surface area contributed by atoms with Gasteiger partial charge in [-0.2, -0.15) is 0 Å². The van der Waals surface area contributed by atoms with E-state index in [1.807, 2.05) is 24.3 Å². The van der Waals surface area contributed by atoms with E-state index in [9.17, 15) is 9.59 Å². The molecule has 0 spiro atoms. The molecular formula is C21H23ClN4O3. The second-order valence-corrected chi connectivity index (χ2v) is 7.35. The maximum atomic E-state index is 12.4. The highest BCUT2D eigenvalue weighted by Gasteiger charge is 2.21. The van der Waals surface area contributed by atoms with Gasteiger partial charge >= 0.3 is 0 Å². The standard InChI is InChI=1S/C21H23ClN4O3/c22-18-11-14(9-10-19(27)26-29)13-23-20(18)24-16-7-4-8-17(12-16)25-21(28)15-5-2-1-3-6-15/h4,7-13,15,29H,1-3,5-6H2,(H,23,24)(H,25,28)(H,26,27)/b10-9+. The highest BCUT2D eigenvalue weighted by molar-refractivity contribution is 6.33. The van der Waals surface area contributed by atoms with Crippen molar-refractivity contribution in [1.29, 1.82) is 0 Å². The smallest absolute Gasteiger partial charge is 0.267 e. The number of halogens is 1. The van der Waals surface area contributed by atoms with Gasteiger partial charge in [0.2, 0.25) is 5.91 Å². The summed E-state index contributed by atoms with van der Waals surface area (Å²) in [7, 11) is 0. The lowest BCUT2D eigenvalue weighted by Gasteiger charge is -2.21. The Morgan fingerprint density at radius 3 is 2.62 bits per heavy atom. The predicted octanol–water partition coefficient (Wildman–Crippen LogP) is 4.52. The number of nitrogens with zero attached hydrogens (tertiary/aromatic N) is 1. The monoisotopic (exact) mass is 414 g/mol. The molecule has 1 saturated carbocycles. The summed E-state index contributed by atoms with van der Waals surface area (Å²) in [6.07, 6.45) is 9.52. The molecule has 152 valence electrons. The lowest BCUT2D eigenvalue weighted by molar-refractivity contribution is -0.124. The van der Waals surface area contributed by atoms with E-state index < -0.39 is 5.91 Å². The van der Waals surface area contributed by atoms with Crippen LogP contribution in [-0.2, 0) is 9.59 Å². The Morgan fingerprint density at radius 1 is 1.14 bits per heavy atom. The molecule has 1 fully saturated rings. The summed E-state index contributed by atoms with van der Waals surface area (Å²) in [5, 5.41) is 15.0. The van der Waals surface area contributed by atoms with Crippen LogP contribution in [0.3, 0.4) is 0 Å². The van der Waals surface area contributed by atoms with E-state index in [0.29, 0.717) is 16.4 Å². The summed E-state index contributed by atoms with van der Waals surface area (Å²) in [4.78, 5) is 27.8. The molecule has 0 saturated heterocycles. The molecule has 0 radical (unpaired) electrons. The van der Waals surface area contributed by atoms with Crippen LogP contribution in [0.4, 0.5) is 17.2 Å². The Hall–Kier alpha value is -2.90. The maximum Gasteiger partial charge on any atom is 0.267 e. The van der Waals surface area contributed by atoms with Gasteiger partial charge in [0.15, 0.2) is 0 Å². The molecule has 1 aliphatic carbocycles. The minimum Gasteiger partial charge on any atom is -0.339 e. The molecule has 0 bridgehead atoms. The number of carbonyl (C=O) groups excluding carboxylic acids is 2. The molecule has 4 N–H and O–H groups in total. The van der Waals surface area contributed by atoms with Crippen LogP contribution in [0.5, 0.6) is 0 Å². The van der Waals surface area contributed by atoms with Gasteiger partial charge in [0.05, 0.1) is 5.02 Å². The van der Waals surface area contributed by atoms with E-state index in [-0.39, 0.29) is 11.8 Å². The average molecular weight is 415 g/mol. The van der Waals surface area contributed by atoms with E-state index in [4.69, 9.17) is 16.8 Å². The number of anilines is 3. The number of rotatable bonds is 6. The van der Waals surface area contributed by atoms with Gasteiger partial charge in [-0.25, -0.2) is 10.5 Å². The fourth-order valence-electron chi connectivity index (χ4n) is 3.27. The van der Waals surface area contributed by atoms with Crippen LogP contribution < -0.4 is 16.1 Å². The molecule has 7 nitrogen and oxygen atoms in total. The Balaban J connectivity index is 1.66. The zero-order valence-corrected chi connectivity index (χ0v) is 16.6. The summed E-state index contributed by atoms with van der Waals surface area (Å²) >= 11 is 6.28. The molecule has 2 aromatic rings. The number of nitrogens with one attached hydrogen (secondary N) is 3. The van der Waals surface area contributed by atoms with Gasteiger partial charge in [0.1, 0.15) is 5.82 Å². The molecule has 0 aliphatic heterocycles. The minimum absolute atomic E-state index is 0.0704. The normalized spacial score (nSPS) is 14.6. The maximum absolute atomic E-state index is 12.4. The largest absolute Gasteiger partial charge is 0.339 e. The lowest BCUT2D eigenvalue weighted by Crippen LogP contribution is -2.24. The first-order valence-electron chi connectivity index (χ1n) is 9.51. The molecule has 1 aliphatic rings. The van der Waals surface area contributed by atoms with Gasteiger partial charge in [0.25, 0.3) is 5.91 Å². The van der Waals surface area contributed by atoms with E-state index in [0.717, 1.165) is 37.1 Å². The van der Waals surface area contributed by atoms with Crippen molar-refractivity contribution in [3.63, 3.8) is 0 Å². The predicted molar refractivity (Wildman–Crippen MR) is 113 cm³/mol. The quantitative estimate of drug-likeness (QED) is 0.316. The summed E-state index contributed by atoms with van der Waals surface area (Å²) < 4.78 is 0. The summed E-state index contributed by atoms with van der Waals surface area (Å²) in [5.41, 5.74) is 3.58. The first kappa shape index (κ1) is 20.8. The van der Waals surface area contributed by atoms with Crippen LogP contribution in [0.25, 0.3) is 6.08 Å². The SMILES string of the molecule is O=C(/C=C/c1cnc(Nc2cccc(NC(=O)C3CCCCC3)c2)c(Cl)c1)NO. The van der Waals surface area contributed by atoms with Crippen LogP contribution in [0, 0.1) is 5.92 Å². The van der Waals surface area contributed by atoms with Crippen molar-refractivity contribution in [3.8, 4) is 0 Å². The van der Waals surface area contributed by atoms with E-state index >= 15 is 0 Å². The van der Waals surface area contributed by atoms with Crippen LogP contribution in [0.15, 0.2) is 42.6 Å². The molecule has 3 rings (SSSR count). The van der Waals surface area contributed by atoms with Crippen molar-refractivity contribution in [1.82, 2.24) is 10.5 Å². The lowest BCUT2D eigenvalue weighted by atomic mass is 9.88. The Morgan fingerprint density at radius 2 is 1.90 bits per heavy atom. The van der Waals surface area contributed by atoms with Crippen LogP contribution in [0.1, 0.15) is 37.7 Å². The molecule has 29 heavy (non-hydrogen) atoms. The molecule has 8 heteroatoms. The minimum atomic E-state index is -0.643. The molecule has 0 unspecified atom stereocenters. The third-order valence-electron chi connectivity index (χ3n) is 4.77. The number of hydroxylamine groups is 1. The van der Waals surface area contributed by atoms with Gasteiger partial charge in [-0.1, -0.05) is 36.9 Å². The highest BCUT2D eigenvalue weighted by atomic mass is 35.5. The third kappa shape index (κ3) is 6.04. The second kappa shape index (κ2) is 10.0. The Labute approximate surface area is 174 Å². The summed E-state index contributed by atoms with van der Waals surface area (Å²) in [6, 6.07) is 9.02. The third-order valence-corrected chi connectivity index (χ3v) is 5.06. The number of hydrogen-bond acceptors (Lipinski definition) is 5. The van der Waals surface area contributed by atoms with Gasteiger partial charge < -0.3 is 10.6 Å². The van der Waals surface area contributed by atoms with Crippen molar-refractivity contribution >= 4 is 46.7 Å². The topological polar surface area (TPSA) is 103 Å². The molecular weight excluding hydrogens is 392 g/mol. The zero-order chi connectivity index (χ0) is 20.6. The number of amides is 2.